The minimum atomic E-state index is -0.289. The number of rotatable bonds is 7. The smallest absolute Gasteiger partial charge is 0.246 e. The number of carbonyl (C=O) groups excluding carboxylic acids is 1. The molecule has 0 radical (unpaired) electrons. The van der Waals surface area contributed by atoms with E-state index in [0.29, 0.717) is 13.1 Å². The van der Waals surface area contributed by atoms with Crippen molar-refractivity contribution in [1.82, 2.24) is 9.80 Å². The molecule has 1 fully saturated rings. The number of halogens is 1. The maximum absolute atomic E-state index is 13.1. The molecule has 4 rings (SSSR count). The second-order valence-corrected chi connectivity index (χ2v) is 8.19. The Hall–Kier alpha value is -3.64. The highest BCUT2D eigenvalue weighted by atomic mass is 19.1. The first-order valence-electron chi connectivity index (χ1n) is 11.3. The molecule has 0 bridgehead atoms. The lowest BCUT2D eigenvalue weighted by atomic mass is 9.96. The SMILES string of the molecule is COc1ccc(C(c2ccc(OC)cc2)N2CCN(C(=O)/C=C/c3ccc(F)cc3)CC2)cc1. The molecule has 0 unspecified atom stereocenters. The molecule has 0 spiro atoms. The van der Waals surface area contributed by atoms with Crippen LogP contribution in [0.4, 0.5) is 4.39 Å². The molecule has 0 saturated carbocycles. The normalized spacial score (nSPS) is 14.5. The largest absolute Gasteiger partial charge is 0.497 e. The molecular formula is C28H29FN2O3. The van der Waals surface area contributed by atoms with Crippen molar-refractivity contribution in [3.8, 4) is 11.5 Å². The quantitative estimate of drug-likeness (QED) is 0.476. The van der Waals surface area contributed by atoms with E-state index in [-0.39, 0.29) is 17.8 Å². The number of carbonyl (C=O) groups is 1. The van der Waals surface area contributed by atoms with Gasteiger partial charge >= 0.3 is 0 Å². The molecule has 0 N–H and O–H groups in total. The maximum atomic E-state index is 13.1. The molecule has 176 valence electrons. The van der Waals surface area contributed by atoms with Crippen molar-refractivity contribution in [2.75, 3.05) is 40.4 Å². The van der Waals surface area contributed by atoms with Crippen molar-refractivity contribution in [2.45, 2.75) is 6.04 Å². The minimum absolute atomic E-state index is 0.0329. The van der Waals surface area contributed by atoms with E-state index in [1.165, 1.54) is 23.3 Å². The molecule has 0 aliphatic carbocycles. The molecule has 5 nitrogen and oxygen atoms in total. The standard InChI is InChI=1S/C28H29FN2O3/c1-33-25-12-6-22(7-13-25)28(23-8-14-26(34-2)15-9-23)31-19-17-30(18-20-31)27(32)16-5-21-3-10-24(29)11-4-21/h3-16,28H,17-20H2,1-2H3/b16-5+. The highest BCUT2D eigenvalue weighted by Crippen LogP contribution is 2.32. The third-order valence-electron chi connectivity index (χ3n) is 6.14. The van der Waals surface area contributed by atoms with Crippen molar-refractivity contribution in [1.29, 1.82) is 0 Å². The average molecular weight is 461 g/mol. The summed E-state index contributed by atoms with van der Waals surface area (Å²) < 4.78 is 23.7. The second kappa shape index (κ2) is 11.0. The van der Waals surface area contributed by atoms with Crippen LogP contribution in [-0.2, 0) is 4.79 Å². The van der Waals surface area contributed by atoms with Crippen molar-refractivity contribution in [3.05, 3.63) is 101 Å². The number of hydrogen-bond donors (Lipinski definition) is 0. The van der Waals surface area contributed by atoms with Gasteiger partial charge < -0.3 is 14.4 Å². The first-order chi connectivity index (χ1) is 16.6. The molecule has 0 aromatic heterocycles. The van der Waals surface area contributed by atoms with E-state index in [2.05, 4.69) is 29.2 Å². The number of methoxy groups -OCH3 is 2. The van der Waals surface area contributed by atoms with Gasteiger partial charge in [-0.15, -0.1) is 0 Å². The van der Waals surface area contributed by atoms with Gasteiger partial charge in [-0.3, -0.25) is 9.69 Å². The predicted octanol–water partition coefficient (Wildman–Crippen LogP) is 4.79. The van der Waals surface area contributed by atoms with Crippen LogP contribution < -0.4 is 9.47 Å². The zero-order chi connectivity index (χ0) is 23.9. The fourth-order valence-corrected chi connectivity index (χ4v) is 4.23. The predicted molar refractivity (Wildman–Crippen MR) is 131 cm³/mol. The van der Waals surface area contributed by atoms with Crippen molar-refractivity contribution < 1.29 is 18.7 Å². The zero-order valence-corrected chi connectivity index (χ0v) is 19.5. The molecule has 6 heteroatoms. The first kappa shape index (κ1) is 23.5. The molecule has 0 atom stereocenters. The van der Waals surface area contributed by atoms with Crippen LogP contribution in [0.25, 0.3) is 6.08 Å². The lowest BCUT2D eigenvalue weighted by Gasteiger charge is -2.39. The molecule has 1 aliphatic heterocycles. The Morgan fingerprint density at radius 3 is 1.76 bits per heavy atom. The molecule has 1 amide bonds. The Kier molecular flexibility index (Phi) is 7.60. The highest BCUT2D eigenvalue weighted by molar-refractivity contribution is 5.91. The summed E-state index contributed by atoms with van der Waals surface area (Å²) in [7, 11) is 3.33. The van der Waals surface area contributed by atoms with Crippen LogP contribution in [-0.4, -0.2) is 56.1 Å². The van der Waals surface area contributed by atoms with E-state index in [0.717, 1.165) is 30.2 Å². The van der Waals surface area contributed by atoms with Crippen LogP contribution in [0, 0.1) is 5.82 Å². The van der Waals surface area contributed by atoms with Gasteiger partial charge in [0.15, 0.2) is 0 Å². The topological polar surface area (TPSA) is 42.0 Å². The van der Waals surface area contributed by atoms with Gasteiger partial charge in [0.2, 0.25) is 5.91 Å². The summed E-state index contributed by atoms with van der Waals surface area (Å²) in [5.74, 6) is 1.32. The van der Waals surface area contributed by atoms with Crippen LogP contribution in [0.15, 0.2) is 78.9 Å². The first-order valence-corrected chi connectivity index (χ1v) is 11.3. The summed E-state index contributed by atoms with van der Waals surface area (Å²) in [6.07, 6.45) is 3.29. The lowest BCUT2D eigenvalue weighted by Crippen LogP contribution is -2.49. The van der Waals surface area contributed by atoms with Gasteiger partial charge in [0.1, 0.15) is 17.3 Å². The van der Waals surface area contributed by atoms with E-state index in [4.69, 9.17) is 9.47 Å². The Bertz CT molecular complexity index is 1060. The summed E-state index contributed by atoms with van der Waals surface area (Å²) in [6, 6.07) is 22.4. The molecule has 1 saturated heterocycles. The van der Waals surface area contributed by atoms with E-state index in [1.54, 1.807) is 38.5 Å². The van der Waals surface area contributed by atoms with E-state index in [9.17, 15) is 9.18 Å². The number of amides is 1. The summed E-state index contributed by atoms with van der Waals surface area (Å²) in [5.41, 5.74) is 3.14. The van der Waals surface area contributed by atoms with Crippen molar-refractivity contribution in [2.24, 2.45) is 0 Å². The minimum Gasteiger partial charge on any atom is -0.497 e. The van der Waals surface area contributed by atoms with E-state index >= 15 is 0 Å². The average Bonchev–Trinajstić information content (AvgIpc) is 2.89. The van der Waals surface area contributed by atoms with Crippen LogP contribution in [0.3, 0.4) is 0 Å². The van der Waals surface area contributed by atoms with Crippen LogP contribution in [0.2, 0.25) is 0 Å². The monoisotopic (exact) mass is 460 g/mol. The van der Waals surface area contributed by atoms with Crippen LogP contribution >= 0.6 is 0 Å². The Morgan fingerprint density at radius 2 is 1.29 bits per heavy atom. The molecule has 3 aromatic rings. The third kappa shape index (κ3) is 5.64. The Morgan fingerprint density at radius 1 is 0.794 bits per heavy atom. The molecular weight excluding hydrogens is 431 g/mol. The number of ether oxygens (including phenoxy) is 2. The van der Waals surface area contributed by atoms with Gasteiger partial charge in [0.25, 0.3) is 0 Å². The fourth-order valence-electron chi connectivity index (χ4n) is 4.23. The van der Waals surface area contributed by atoms with Gasteiger partial charge in [0.05, 0.1) is 20.3 Å². The number of benzene rings is 3. The van der Waals surface area contributed by atoms with Gasteiger partial charge in [0, 0.05) is 32.3 Å². The summed E-state index contributed by atoms with van der Waals surface area (Å²) in [6.45, 7) is 2.77. The molecule has 34 heavy (non-hydrogen) atoms. The van der Waals surface area contributed by atoms with Crippen LogP contribution in [0.1, 0.15) is 22.7 Å². The number of nitrogens with zero attached hydrogens (tertiary/aromatic N) is 2. The van der Waals surface area contributed by atoms with Crippen molar-refractivity contribution in [3.63, 3.8) is 0 Å². The van der Waals surface area contributed by atoms with Gasteiger partial charge in [-0.25, -0.2) is 4.39 Å². The fraction of sp³-hybridized carbons (Fsp3) is 0.250. The van der Waals surface area contributed by atoms with E-state index in [1.807, 2.05) is 29.2 Å². The molecule has 3 aromatic carbocycles. The maximum Gasteiger partial charge on any atom is 0.246 e. The van der Waals surface area contributed by atoms with Gasteiger partial charge in [-0.05, 0) is 59.2 Å². The summed E-state index contributed by atoms with van der Waals surface area (Å²) in [5, 5.41) is 0. The third-order valence-corrected chi connectivity index (χ3v) is 6.14. The van der Waals surface area contributed by atoms with Gasteiger partial charge in [-0.2, -0.15) is 0 Å². The number of piperazine rings is 1. The van der Waals surface area contributed by atoms with E-state index < -0.39 is 0 Å². The zero-order valence-electron chi connectivity index (χ0n) is 19.5. The van der Waals surface area contributed by atoms with Crippen molar-refractivity contribution >= 4 is 12.0 Å². The summed E-state index contributed by atoms with van der Waals surface area (Å²) in [4.78, 5) is 17.0. The Balaban J connectivity index is 1.47. The second-order valence-electron chi connectivity index (χ2n) is 8.19. The number of hydrogen-bond acceptors (Lipinski definition) is 4. The molecule has 1 aliphatic rings. The lowest BCUT2D eigenvalue weighted by molar-refractivity contribution is -0.127. The highest BCUT2D eigenvalue weighted by Gasteiger charge is 2.27. The molecule has 1 heterocycles. The van der Waals surface area contributed by atoms with Crippen LogP contribution in [0.5, 0.6) is 11.5 Å². The Labute approximate surface area is 200 Å². The summed E-state index contributed by atoms with van der Waals surface area (Å²) >= 11 is 0. The van der Waals surface area contributed by atoms with Gasteiger partial charge in [-0.1, -0.05) is 36.4 Å².